The second kappa shape index (κ2) is 13.2. The van der Waals surface area contributed by atoms with Crippen molar-refractivity contribution >= 4 is 64.0 Å². The number of anilines is 5. The fourth-order valence-electron chi connectivity index (χ4n) is 4.71. The van der Waals surface area contributed by atoms with Crippen molar-refractivity contribution in [3.05, 3.63) is 100 Å². The lowest BCUT2D eigenvalue weighted by atomic mass is 10.1. The molecule has 0 radical (unpaired) electrons. The topological polar surface area (TPSA) is 109 Å². The number of amides is 3. The maximum absolute atomic E-state index is 14.2. The van der Waals surface area contributed by atoms with E-state index in [9.17, 15) is 22.8 Å². The standard InChI is InChI=1S/C31H25Cl2F3N6O4/c1-4-24(43)38-21-12-19(31(34,35)36)10-11-20(21)39-29-37-14-18-16-41(27-25(32)22(45-2)13-23(46-3)26(27)33)30(44)42(28(18)40-29)15-17-8-6-5-7-9-17/h4-14H,1,15-16H2,2-3H3,(H,38,43)(H,37,39,40). The summed E-state index contributed by atoms with van der Waals surface area (Å²) >= 11 is 13.3. The number of hydrogen-bond donors (Lipinski definition) is 2. The Hall–Kier alpha value is -5.01. The number of alkyl halides is 3. The summed E-state index contributed by atoms with van der Waals surface area (Å²) in [7, 11) is 2.83. The number of nitrogens with one attached hydrogen (secondary N) is 2. The Morgan fingerprint density at radius 2 is 1.72 bits per heavy atom. The van der Waals surface area contributed by atoms with Crippen LogP contribution in [0.3, 0.4) is 0 Å². The second-order valence-electron chi connectivity index (χ2n) is 9.82. The van der Waals surface area contributed by atoms with Gasteiger partial charge in [-0.1, -0.05) is 60.1 Å². The molecule has 5 rings (SSSR count). The zero-order valence-electron chi connectivity index (χ0n) is 24.3. The van der Waals surface area contributed by atoms with Gasteiger partial charge in [0, 0.05) is 17.8 Å². The highest BCUT2D eigenvalue weighted by atomic mass is 35.5. The fraction of sp³-hybridized carbons (Fsp3) is 0.161. The van der Waals surface area contributed by atoms with E-state index < -0.39 is 23.7 Å². The van der Waals surface area contributed by atoms with E-state index in [0.29, 0.717) is 5.56 Å². The lowest BCUT2D eigenvalue weighted by molar-refractivity contribution is -0.137. The van der Waals surface area contributed by atoms with Crippen molar-refractivity contribution in [2.45, 2.75) is 19.3 Å². The van der Waals surface area contributed by atoms with Gasteiger partial charge in [-0.2, -0.15) is 18.2 Å². The quantitative estimate of drug-likeness (QED) is 0.174. The van der Waals surface area contributed by atoms with Crippen LogP contribution < -0.4 is 29.9 Å². The van der Waals surface area contributed by atoms with E-state index in [1.807, 2.05) is 30.3 Å². The first kappa shape index (κ1) is 32.4. The van der Waals surface area contributed by atoms with Gasteiger partial charge in [0.05, 0.1) is 49.9 Å². The molecule has 46 heavy (non-hydrogen) atoms. The summed E-state index contributed by atoms with van der Waals surface area (Å²) in [6.07, 6.45) is -2.26. The smallest absolute Gasteiger partial charge is 0.416 e. The van der Waals surface area contributed by atoms with Gasteiger partial charge in [-0.05, 0) is 29.8 Å². The van der Waals surface area contributed by atoms with Crippen LogP contribution in [0.1, 0.15) is 16.7 Å². The second-order valence-corrected chi connectivity index (χ2v) is 10.6. The maximum Gasteiger partial charge on any atom is 0.416 e. The highest BCUT2D eigenvalue weighted by Crippen LogP contribution is 2.48. The lowest BCUT2D eigenvalue weighted by Gasteiger charge is -2.37. The van der Waals surface area contributed by atoms with Crippen LogP contribution in [0, 0.1) is 0 Å². The summed E-state index contributed by atoms with van der Waals surface area (Å²) < 4.78 is 51.1. The summed E-state index contributed by atoms with van der Waals surface area (Å²) in [5, 5.41) is 5.39. The molecule has 0 atom stereocenters. The van der Waals surface area contributed by atoms with Crippen molar-refractivity contribution in [2.75, 3.05) is 34.7 Å². The Labute approximate surface area is 271 Å². The number of aromatic nitrogens is 2. The Morgan fingerprint density at radius 3 is 2.33 bits per heavy atom. The molecule has 2 N–H and O–H groups in total. The van der Waals surface area contributed by atoms with E-state index in [0.717, 1.165) is 29.8 Å². The van der Waals surface area contributed by atoms with Crippen LogP contribution >= 0.6 is 23.2 Å². The fourth-order valence-corrected chi connectivity index (χ4v) is 5.41. The van der Waals surface area contributed by atoms with Crippen molar-refractivity contribution in [2.24, 2.45) is 0 Å². The minimum absolute atomic E-state index is 0.0452. The van der Waals surface area contributed by atoms with Crippen LogP contribution in [0.25, 0.3) is 0 Å². The summed E-state index contributed by atoms with van der Waals surface area (Å²) in [5.74, 6) is -0.0742. The van der Waals surface area contributed by atoms with Gasteiger partial charge in [-0.3, -0.25) is 14.6 Å². The number of halogens is 5. The molecule has 1 aliphatic heterocycles. The monoisotopic (exact) mass is 672 g/mol. The maximum atomic E-state index is 14.2. The molecule has 0 fully saturated rings. The molecule has 3 aromatic carbocycles. The molecular formula is C31H25Cl2F3N6O4. The number of hydrogen-bond acceptors (Lipinski definition) is 7. The van der Waals surface area contributed by atoms with Crippen LogP contribution in [-0.2, 0) is 24.1 Å². The zero-order valence-corrected chi connectivity index (χ0v) is 25.8. The van der Waals surface area contributed by atoms with E-state index in [2.05, 4.69) is 27.2 Å². The molecular weight excluding hydrogens is 648 g/mol. The Bertz CT molecular complexity index is 1800. The Balaban J connectivity index is 1.59. The summed E-state index contributed by atoms with van der Waals surface area (Å²) in [6.45, 7) is 3.38. The third-order valence-electron chi connectivity index (χ3n) is 6.93. The molecule has 2 heterocycles. The van der Waals surface area contributed by atoms with Crippen molar-refractivity contribution in [1.29, 1.82) is 0 Å². The lowest BCUT2D eigenvalue weighted by Crippen LogP contribution is -2.47. The van der Waals surface area contributed by atoms with E-state index >= 15 is 0 Å². The molecule has 0 aliphatic carbocycles. The number of carbonyl (C=O) groups excluding carboxylic acids is 2. The van der Waals surface area contributed by atoms with Crippen LogP contribution in [0.15, 0.2) is 73.4 Å². The summed E-state index contributed by atoms with van der Waals surface area (Å²) in [6, 6.07) is 12.9. The van der Waals surface area contributed by atoms with Gasteiger partial charge in [-0.15, -0.1) is 0 Å². The number of nitrogens with zero attached hydrogens (tertiary/aromatic N) is 4. The number of methoxy groups -OCH3 is 2. The van der Waals surface area contributed by atoms with Crippen molar-refractivity contribution < 1.29 is 32.2 Å². The predicted octanol–water partition coefficient (Wildman–Crippen LogP) is 7.83. The van der Waals surface area contributed by atoms with Crippen molar-refractivity contribution in [3.8, 4) is 11.5 Å². The predicted molar refractivity (Wildman–Crippen MR) is 169 cm³/mol. The number of benzene rings is 3. The summed E-state index contributed by atoms with van der Waals surface area (Å²) in [5.41, 5.74) is 0.346. The highest BCUT2D eigenvalue weighted by Gasteiger charge is 2.37. The molecule has 0 saturated carbocycles. The molecule has 0 spiro atoms. The highest BCUT2D eigenvalue weighted by molar-refractivity contribution is 6.42. The van der Waals surface area contributed by atoms with E-state index in [-0.39, 0.29) is 63.5 Å². The van der Waals surface area contributed by atoms with E-state index in [4.69, 9.17) is 32.7 Å². The van der Waals surface area contributed by atoms with Gasteiger partial charge in [-0.25, -0.2) is 9.78 Å². The summed E-state index contributed by atoms with van der Waals surface area (Å²) in [4.78, 5) is 37.9. The first-order chi connectivity index (χ1) is 21.9. The van der Waals surface area contributed by atoms with Crippen molar-refractivity contribution in [1.82, 2.24) is 9.97 Å². The molecule has 15 heteroatoms. The van der Waals surface area contributed by atoms with Gasteiger partial charge in [0.2, 0.25) is 11.9 Å². The SMILES string of the molecule is C=CC(=O)Nc1cc(C(F)(F)F)ccc1Nc1ncc2c(n1)N(Cc1ccccc1)C(=O)N(c1c(Cl)c(OC)cc(OC)c1Cl)C2. The van der Waals surface area contributed by atoms with E-state index in [1.165, 1.54) is 36.3 Å². The van der Waals surface area contributed by atoms with Crippen molar-refractivity contribution in [3.63, 3.8) is 0 Å². The largest absolute Gasteiger partial charge is 0.495 e. The van der Waals surface area contributed by atoms with Gasteiger partial charge >= 0.3 is 12.2 Å². The van der Waals surface area contributed by atoms with E-state index in [1.54, 1.807) is 0 Å². The minimum Gasteiger partial charge on any atom is -0.495 e. The van der Waals surface area contributed by atoms with Crippen LogP contribution in [0.2, 0.25) is 10.0 Å². The van der Waals surface area contributed by atoms with Gasteiger partial charge in [0.15, 0.2) is 0 Å². The first-order valence-corrected chi connectivity index (χ1v) is 14.2. The third kappa shape index (κ3) is 6.51. The average molecular weight is 673 g/mol. The minimum atomic E-state index is -4.66. The molecule has 1 aliphatic rings. The van der Waals surface area contributed by atoms with Gasteiger partial charge < -0.3 is 20.1 Å². The number of fused-ring (bicyclic) bond motifs is 1. The number of urea groups is 1. The molecule has 3 amide bonds. The normalized spacial score (nSPS) is 12.8. The number of ether oxygens (including phenoxy) is 2. The third-order valence-corrected chi connectivity index (χ3v) is 7.66. The Morgan fingerprint density at radius 1 is 1.04 bits per heavy atom. The molecule has 10 nitrogen and oxygen atoms in total. The van der Waals surface area contributed by atoms with Crippen LogP contribution in [0.5, 0.6) is 11.5 Å². The average Bonchev–Trinajstić information content (AvgIpc) is 3.04. The Kier molecular flexibility index (Phi) is 9.26. The molecule has 0 saturated heterocycles. The zero-order chi connectivity index (χ0) is 33.2. The molecule has 0 unspecified atom stereocenters. The molecule has 238 valence electrons. The van der Waals surface area contributed by atoms with Crippen LogP contribution in [0.4, 0.5) is 46.8 Å². The number of rotatable bonds is 9. The van der Waals surface area contributed by atoms with Gasteiger partial charge in [0.25, 0.3) is 0 Å². The number of carbonyl (C=O) groups is 2. The molecule has 4 aromatic rings. The van der Waals surface area contributed by atoms with Gasteiger partial charge in [0.1, 0.15) is 27.4 Å². The first-order valence-electron chi connectivity index (χ1n) is 13.5. The molecule has 1 aromatic heterocycles. The molecule has 0 bridgehead atoms. The van der Waals surface area contributed by atoms with Crippen LogP contribution in [-0.4, -0.2) is 36.1 Å².